The van der Waals surface area contributed by atoms with Gasteiger partial charge in [0.25, 0.3) is 0 Å². The number of aromatic nitrogens is 4. The van der Waals surface area contributed by atoms with E-state index in [2.05, 4.69) is 15.0 Å². The number of rotatable bonds is 5. The third-order valence-corrected chi connectivity index (χ3v) is 5.17. The molecule has 0 spiro atoms. The number of aromatic carboxylic acids is 1. The number of H-pyrrole nitrogens is 1. The number of benzene rings is 2. The molecule has 3 N–H and O–H groups in total. The lowest BCUT2D eigenvalue weighted by Gasteiger charge is -2.04. The summed E-state index contributed by atoms with van der Waals surface area (Å²) < 4.78 is 0. The first-order valence-corrected chi connectivity index (χ1v) is 9.99. The fraction of sp³-hybridized carbons (Fsp3) is 0.0400. The third kappa shape index (κ3) is 3.79. The highest BCUT2D eigenvalue weighted by Crippen LogP contribution is 2.32. The Balaban J connectivity index is 1.62. The van der Waals surface area contributed by atoms with E-state index >= 15 is 0 Å². The van der Waals surface area contributed by atoms with Crippen LogP contribution in [0.3, 0.4) is 0 Å². The van der Waals surface area contributed by atoms with Crippen molar-refractivity contribution in [1.29, 1.82) is 0 Å². The number of hydrogen-bond acceptors (Lipinski definition) is 5. The minimum atomic E-state index is -0.971. The van der Waals surface area contributed by atoms with Gasteiger partial charge in [-0.25, -0.2) is 14.8 Å². The van der Waals surface area contributed by atoms with Gasteiger partial charge in [0, 0.05) is 29.6 Å². The SMILES string of the molecule is O=C(O)c1cccc(Cc2nc(-c3ccc4ncccc4c3)c(-c3cccc(O)n3)[nH]2)c1. The standard InChI is InChI=1S/C25H18N4O3/c30-22-8-2-7-20(27-22)24-23(17-9-10-19-16(14-17)6-3-11-26-19)28-21(29-24)13-15-4-1-5-18(12-15)25(31)32/h1-12,14H,13H2,(H,27,30)(H,28,29)(H,31,32). The Kier molecular flexibility index (Phi) is 4.84. The molecule has 3 heterocycles. The van der Waals surface area contributed by atoms with E-state index in [4.69, 9.17) is 4.98 Å². The van der Waals surface area contributed by atoms with Crippen LogP contribution in [0.25, 0.3) is 33.5 Å². The van der Waals surface area contributed by atoms with E-state index in [1.54, 1.807) is 36.5 Å². The maximum absolute atomic E-state index is 11.3. The Bertz CT molecular complexity index is 1460. The molecule has 0 atom stereocenters. The predicted molar refractivity (Wildman–Crippen MR) is 120 cm³/mol. The summed E-state index contributed by atoms with van der Waals surface area (Å²) in [5.74, 6) is -0.392. The molecule has 7 nitrogen and oxygen atoms in total. The molecule has 5 aromatic rings. The highest BCUT2D eigenvalue weighted by atomic mass is 16.4. The molecule has 0 saturated carbocycles. The molecule has 7 heteroatoms. The van der Waals surface area contributed by atoms with Gasteiger partial charge in [0.1, 0.15) is 5.82 Å². The zero-order valence-electron chi connectivity index (χ0n) is 16.9. The van der Waals surface area contributed by atoms with Crippen molar-refractivity contribution in [3.8, 4) is 28.5 Å². The van der Waals surface area contributed by atoms with Crippen LogP contribution in [0.1, 0.15) is 21.7 Å². The van der Waals surface area contributed by atoms with E-state index in [1.807, 2.05) is 36.4 Å². The van der Waals surface area contributed by atoms with Crippen molar-refractivity contribution in [1.82, 2.24) is 19.9 Å². The Morgan fingerprint density at radius 3 is 2.66 bits per heavy atom. The second kappa shape index (κ2) is 7.96. The fourth-order valence-corrected chi connectivity index (χ4v) is 3.69. The molecular weight excluding hydrogens is 404 g/mol. The summed E-state index contributed by atoms with van der Waals surface area (Å²) >= 11 is 0. The van der Waals surface area contributed by atoms with Gasteiger partial charge in [-0.3, -0.25) is 4.98 Å². The number of carbonyl (C=O) groups is 1. The molecular formula is C25H18N4O3. The minimum absolute atomic E-state index is 0.0820. The zero-order chi connectivity index (χ0) is 22.1. The number of imidazole rings is 1. The van der Waals surface area contributed by atoms with Crippen molar-refractivity contribution in [2.75, 3.05) is 0 Å². The molecule has 0 radical (unpaired) electrons. The second-order valence-electron chi connectivity index (χ2n) is 7.38. The van der Waals surface area contributed by atoms with E-state index in [1.165, 1.54) is 6.07 Å². The first-order chi connectivity index (χ1) is 15.6. The predicted octanol–water partition coefficient (Wildman–Crippen LogP) is 4.68. The van der Waals surface area contributed by atoms with Crippen LogP contribution in [0.5, 0.6) is 5.88 Å². The van der Waals surface area contributed by atoms with Crippen molar-refractivity contribution in [3.63, 3.8) is 0 Å². The van der Waals surface area contributed by atoms with Gasteiger partial charge in [0.15, 0.2) is 0 Å². The van der Waals surface area contributed by atoms with Crippen LogP contribution in [-0.4, -0.2) is 36.1 Å². The quantitative estimate of drug-likeness (QED) is 0.379. The smallest absolute Gasteiger partial charge is 0.335 e. The van der Waals surface area contributed by atoms with Crippen LogP contribution in [0.15, 0.2) is 79.0 Å². The lowest BCUT2D eigenvalue weighted by molar-refractivity contribution is 0.0696. The number of carboxylic acid groups (broad SMARTS) is 1. The largest absolute Gasteiger partial charge is 0.493 e. The van der Waals surface area contributed by atoms with Gasteiger partial charge in [-0.05, 0) is 42.0 Å². The van der Waals surface area contributed by atoms with E-state index in [0.29, 0.717) is 29.3 Å². The van der Waals surface area contributed by atoms with Crippen LogP contribution >= 0.6 is 0 Å². The molecule has 0 aliphatic heterocycles. The van der Waals surface area contributed by atoms with Crippen LogP contribution in [0.4, 0.5) is 0 Å². The molecule has 0 unspecified atom stereocenters. The number of aromatic hydroxyl groups is 1. The number of nitrogens with one attached hydrogen (secondary N) is 1. The summed E-state index contributed by atoms with van der Waals surface area (Å²) in [6, 6.07) is 21.6. The topological polar surface area (TPSA) is 112 Å². The Labute approximate surface area is 183 Å². The van der Waals surface area contributed by atoms with E-state index in [0.717, 1.165) is 22.0 Å². The van der Waals surface area contributed by atoms with Gasteiger partial charge >= 0.3 is 5.97 Å². The molecule has 0 aliphatic carbocycles. The van der Waals surface area contributed by atoms with Crippen molar-refractivity contribution < 1.29 is 15.0 Å². The number of aromatic amines is 1. The molecule has 0 aliphatic rings. The van der Waals surface area contributed by atoms with Gasteiger partial charge in [-0.2, -0.15) is 0 Å². The molecule has 2 aromatic carbocycles. The third-order valence-electron chi connectivity index (χ3n) is 5.17. The van der Waals surface area contributed by atoms with Crippen molar-refractivity contribution in [2.24, 2.45) is 0 Å². The molecule has 3 aromatic heterocycles. The molecule has 156 valence electrons. The molecule has 0 saturated heterocycles. The maximum Gasteiger partial charge on any atom is 0.335 e. The van der Waals surface area contributed by atoms with Crippen molar-refractivity contribution in [2.45, 2.75) is 6.42 Å². The number of hydrogen-bond donors (Lipinski definition) is 3. The van der Waals surface area contributed by atoms with E-state index in [-0.39, 0.29) is 11.4 Å². The Morgan fingerprint density at radius 1 is 0.938 bits per heavy atom. The highest BCUT2D eigenvalue weighted by Gasteiger charge is 2.17. The average Bonchev–Trinajstić information content (AvgIpc) is 3.22. The van der Waals surface area contributed by atoms with E-state index in [9.17, 15) is 15.0 Å². The fourth-order valence-electron chi connectivity index (χ4n) is 3.69. The number of carboxylic acids is 1. The summed E-state index contributed by atoms with van der Waals surface area (Å²) in [6.45, 7) is 0. The van der Waals surface area contributed by atoms with Crippen LogP contribution < -0.4 is 0 Å². The van der Waals surface area contributed by atoms with Crippen LogP contribution in [0.2, 0.25) is 0 Å². The van der Waals surface area contributed by atoms with Crippen molar-refractivity contribution in [3.05, 3.63) is 95.9 Å². The number of nitrogens with zero attached hydrogens (tertiary/aromatic N) is 3. The lowest BCUT2D eigenvalue weighted by Crippen LogP contribution is -1.98. The summed E-state index contributed by atoms with van der Waals surface area (Å²) in [7, 11) is 0. The highest BCUT2D eigenvalue weighted by molar-refractivity contribution is 5.88. The summed E-state index contributed by atoms with van der Waals surface area (Å²) in [5.41, 5.74) is 4.74. The van der Waals surface area contributed by atoms with Gasteiger partial charge in [0.05, 0.1) is 28.2 Å². The first-order valence-electron chi connectivity index (χ1n) is 9.99. The molecule has 0 amide bonds. The number of pyridine rings is 2. The normalized spacial score (nSPS) is 11.0. The molecule has 0 bridgehead atoms. The monoisotopic (exact) mass is 422 g/mol. The first kappa shape index (κ1) is 19.4. The van der Waals surface area contributed by atoms with E-state index < -0.39 is 5.97 Å². The van der Waals surface area contributed by atoms with Gasteiger partial charge in [-0.15, -0.1) is 0 Å². The van der Waals surface area contributed by atoms with Gasteiger partial charge in [0.2, 0.25) is 5.88 Å². The summed E-state index contributed by atoms with van der Waals surface area (Å²) in [4.78, 5) is 28.1. The summed E-state index contributed by atoms with van der Waals surface area (Å²) in [5, 5.41) is 20.2. The maximum atomic E-state index is 11.3. The average molecular weight is 422 g/mol. The zero-order valence-corrected chi connectivity index (χ0v) is 16.9. The lowest BCUT2D eigenvalue weighted by atomic mass is 10.1. The second-order valence-corrected chi connectivity index (χ2v) is 7.38. The van der Waals surface area contributed by atoms with Crippen molar-refractivity contribution >= 4 is 16.9 Å². The minimum Gasteiger partial charge on any atom is -0.493 e. The summed E-state index contributed by atoms with van der Waals surface area (Å²) in [6.07, 6.45) is 2.17. The van der Waals surface area contributed by atoms with Gasteiger partial charge in [-0.1, -0.05) is 30.3 Å². The Hall–Kier alpha value is -4.52. The molecule has 0 fully saturated rings. The van der Waals surface area contributed by atoms with Crippen LogP contribution in [-0.2, 0) is 6.42 Å². The number of fused-ring (bicyclic) bond motifs is 1. The van der Waals surface area contributed by atoms with Gasteiger partial charge < -0.3 is 15.2 Å². The molecule has 5 rings (SSSR count). The Morgan fingerprint density at radius 2 is 1.81 bits per heavy atom. The molecule has 32 heavy (non-hydrogen) atoms. The van der Waals surface area contributed by atoms with Crippen LogP contribution in [0, 0.1) is 0 Å².